The Morgan fingerprint density at radius 1 is 1.32 bits per heavy atom. The molecule has 2 unspecified atom stereocenters. The zero-order valence-corrected chi connectivity index (χ0v) is 12.8. The summed E-state index contributed by atoms with van der Waals surface area (Å²) in [5.74, 6) is 0.727. The van der Waals surface area contributed by atoms with Crippen LogP contribution in [0.1, 0.15) is 51.6 Å². The molecule has 2 heteroatoms. The average Bonchev–Trinajstić information content (AvgIpc) is 2.90. The van der Waals surface area contributed by atoms with E-state index in [4.69, 9.17) is 0 Å². The second-order valence-corrected chi connectivity index (χ2v) is 5.96. The number of rotatable bonds is 5. The Morgan fingerprint density at radius 2 is 2.05 bits per heavy atom. The van der Waals surface area contributed by atoms with E-state index in [9.17, 15) is 0 Å². The normalized spacial score (nSPS) is 21.1. The average molecular weight is 260 g/mol. The molecule has 0 spiro atoms. The molecule has 0 aromatic heterocycles. The molecule has 2 nitrogen and oxygen atoms in total. The molecule has 1 saturated heterocycles. The molecule has 2 atom stereocenters. The van der Waals surface area contributed by atoms with Gasteiger partial charge in [0.25, 0.3) is 0 Å². The Labute approximate surface area is 118 Å². The summed E-state index contributed by atoms with van der Waals surface area (Å²) in [6, 6.07) is 10.1. The van der Waals surface area contributed by atoms with E-state index < -0.39 is 0 Å². The Hall–Kier alpha value is -1.02. The third kappa shape index (κ3) is 2.94. The Morgan fingerprint density at radius 3 is 2.68 bits per heavy atom. The summed E-state index contributed by atoms with van der Waals surface area (Å²) in [6.07, 6.45) is 3.80. The number of hydrogen-bond acceptors (Lipinski definition) is 2. The van der Waals surface area contributed by atoms with Gasteiger partial charge in [0.15, 0.2) is 0 Å². The smallest absolute Gasteiger partial charge is 0.0417 e. The molecule has 1 aliphatic heterocycles. The van der Waals surface area contributed by atoms with Crippen molar-refractivity contribution in [3.8, 4) is 0 Å². The molecule has 0 radical (unpaired) electrons. The maximum absolute atomic E-state index is 3.45. The van der Waals surface area contributed by atoms with Crippen molar-refractivity contribution < 1.29 is 0 Å². The van der Waals surface area contributed by atoms with Crippen LogP contribution in [-0.4, -0.2) is 19.6 Å². The van der Waals surface area contributed by atoms with Gasteiger partial charge >= 0.3 is 0 Å². The van der Waals surface area contributed by atoms with Crippen molar-refractivity contribution in [1.82, 2.24) is 5.32 Å². The summed E-state index contributed by atoms with van der Waals surface area (Å²) in [5, 5.41) is 3.45. The summed E-state index contributed by atoms with van der Waals surface area (Å²) < 4.78 is 0. The first-order chi connectivity index (χ1) is 9.19. The molecule has 1 N–H and O–H groups in total. The molecule has 0 aliphatic carbocycles. The van der Waals surface area contributed by atoms with E-state index >= 15 is 0 Å². The number of nitrogens with one attached hydrogen (secondary N) is 1. The van der Waals surface area contributed by atoms with Crippen LogP contribution in [0.15, 0.2) is 24.3 Å². The summed E-state index contributed by atoms with van der Waals surface area (Å²) in [7, 11) is 2.06. The highest BCUT2D eigenvalue weighted by molar-refractivity contribution is 5.56. The Kier molecular flexibility index (Phi) is 4.87. The SMILES string of the molecule is CCC(NC)c1ccccc1N1CCCC1C(C)C. The molecule has 19 heavy (non-hydrogen) atoms. The fourth-order valence-corrected chi connectivity index (χ4v) is 3.41. The standard InChI is InChI=1S/C17H28N2/c1-5-15(18-4)14-9-6-7-10-17(14)19-12-8-11-16(19)13(2)3/h6-7,9-10,13,15-16,18H,5,8,11-12H2,1-4H3. The van der Waals surface area contributed by atoms with Crippen LogP contribution >= 0.6 is 0 Å². The van der Waals surface area contributed by atoms with Crippen LogP contribution in [0.4, 0.5) is 5.69 Å². The third-order valence-corrected chi connectivity index (χ3v) is 4.45. The van der Waals surface area contributed by atoms with Crippen LogP contribution in [0.3, 0.4) is 0 Å². The van der Waals surface area contributed by atoms with Crippen molar-refractivity contribution >= 4 is 5.69 Å². The van der Waals surface area contributed by atoms with Crippen LogP contribution in [-0.2, 0) is 0 Å². The van der Waals surface area contributed by atoms with Crippen LogP contribution in [0.2, 0.25) is 0 Å². The number of nitrogens with zero attached hydrogens (tertiary/aromatic N) is 1. The molecule has 1 fully saturated rings. The predicted octanol–water partition coefficient (Wildman–Crippen LogP) is 3.98. The predicted molar refractivity (Wildman–Crippen MR) is 83.7 cm³/mol. The van der Waals surface area contributed by atoms with Gasteiger partial charge < -0.3 is 10.2 Å². The highest BCUT2D eigenvalue weighted by Crippen LogP contribution is 2.35. The van der Waals surface area contributed by atoms with Crippen molar-refractivity contribution in [2.75, 3.05) is 18.5 Å². The van der Waals surface area contributed by atoms with E-state index in [1.54, 1.807) is 0 Å². The lowest BCUT2D eigenvalue weighted by Gasteiger charge is -2.33. The summed E-state index contributed by atoms with van der Waals surface area (Å²) >= 11 is 0. The number of hydrogen-bond donors (Lipinski definition) is 1. The molecule has 0 amide bonds. The Bertz CT molecular complexity index is 396. The van der Waals surface area contributed by atoms with Crippen molar-refractivity contribution in [2.24, 2.45) is 5.92 Å². The number of benzene rings is 1. The quantitative estimate of drug-likeness (QED) is 0.861. The van der Waals surface area contributed by atoms with Crippen molar-refractivity contribution in [3.05, 3.63) is 29.8 Å². The highest BCUT2D eigenvalue weighted by atomic mass is 15.2. The van der Waals surface area contributed by atoms with Gasteiger partial charge in [-0.25, -0.2) is 0 Å². The maximum Gasteiger partial charge on any atom is 0.0417 e. The molecule has 106 valence electrons. The first-order valence-electron chi connectivity index (χ1n) is 7.71. The van der Waals surface area contributed by atoms with Gasteiger partial charge in [0, 0.05) is 24.3 Å². The molecular weight excluding hydrogens is 232 g/mol. The number of anilines is 1. The molecule has 1 aliphatic rings. The van der Waals surface area contributed by atoms with Gasteiger partial charge in [-0.15, -0.1) is 0 Å². The lowest BCUT2D eigenvalue weighted by molar-refractivity contribution is 0.488. The fourth-order valence-electron chi connectivity index (χ4n) is 3.41. The van der Waals surface area contributed by atoms with E-state index in [1.807, 2.05) is 0 Å². The Balaban J connectivity index is 2.33. The van der Waals surface area contributed by atoms with Gasteiger partial charge in [-0.2, -0.15) is 0 Å². The lowest BCUT2D eigenvalue weighted by Crippen LogP contribution is -2.34. The van der Waals surface area contributed by atoms with Gasteiger partial charge in [-0.05, 0) is 43.9 Å². The zero-order valence-electron chi connectivity index (χ0n) is 12.8. The molecule has 2 rings (SSSR count). The minimum Gasteiger partial charge on any atom is -0.368 e. The summed E-state index contributed by atoms with van der Waals surface area (Å²) in [4.78, 5) is 2.64. The van der Waals surface area contributed by atoms with E-state index in [-0.39, 0.29) is 0 Å². The second-order valence-electron chi connectivity index (χ2n) is 5.96. The van der Waals surface area contributed by atoms with Gasteiger partial charge in [-0.3, -0.25) is 0 Å². The molecule has 1 heterocycles. The van der Waals surface area contributed by atoms with Gasteiger partial charge in [-0.1, -0.05) is 39.0 Å². The highest BCUT2D eigenvalue weighted by Gasteiger charge is 2.29. The largest absolute Gasteiger partial charge is 0.368 e. The minimum absolute atomic E-state index is 0.463. The molecular formula is C17H28N2. The molecule has 1 aromatic rings. The monoisotopic (exact) mass is 260 g/mol. The first-order valence-corrected chi connectivity index (χ1v) is 7.71. The zero-order chi connectivity index (χ0) is 13.8. The lowest BCUT2D eigenvalue weighted by atomic mass is 9.98. The van der Waals surface area contributed by atoms with Crippen molar-refractivity contribution in [2.45, 2.75) is 52.1 Å². The molecule has 0 bridgehead atoms. The van der Waals surface area contributed by atoms with E-state index in [0.29, 0.717) is 12.1 Å². The third-order valence-electron chi connectivity index (χ3n) is 4.45. The van der Waals surface area contributed by atoms with Crippen molar-refractivity contribution in [3.63, 3.8) is 0 Å². The molecule has 1 aromatic carbocycles. The minimum atomic E-state index is 0.463. The maximum atomic E-state index is 3.45. The first kappa shape index (κ1) is 14.4. The summed E-state index contributed by atoms with van der Waals surface area (Å²) in [6.45, 7) is 8.16. The summed E-state index contributed by atoms with van der Waals surface area (Å²) in [5.41, 5.74) is 2.90. The van der Waals surface area contributed by atoms with Gasteiger partial charge in [0.1, 0.15) is 0 Å². The topological polar surface area (TPSA) is 15.3 Å². The number of para-hydroxylation sites is 1. The van der Waals surface area contributed by atoms with Gasteiger partial charge in [0.05, 0.1) is 0 Å². The van der Waals surface area contributed by atoms with E-state index in [0.717, 1.165) is 12.3 Å². The van der Waals surface area contributed by atoms with Crippen LogP contribution in [0.5, 0.6) is 0 Å². The van der Waals surface area contributed by atoms with Crippen LogP contribution in [0.25, 0.3) is 0 Å². The second kappa shape index (κ2) is 6.42. The fraction of sp³-hybridized carbons (Fsp3) is 0.647. The molecule has 0 saturated carbocycles. The van der Waals surface area contributed by atoms with E-state index in [1.165, 1.54) is 30.6 Å². The van der Waals surface area contributed by atoms with E-state index in [2.05, 4.69) is 62.3 Å². The van der Waals surface area contributed by atoms with Gasteiger partial charge in [0.2, 0.25) is 0 Å². The van der Waals surface area contributed by atoms with Crippen LogP contribution < -0.4 is 10.2 Å². The van der Waals surface area contributed by atoms with Crippen LogP contribution in [0, 0.1) is 5.92 Å². The van der Waals surface area contributed by atoms with Crippen molar-refractivity contribution in [1.29, 1.82) is 0 Å².